The maximum Gasteiger partial charge on any atom is 0.256 e. The number of nitrogens with zero attached hydrogens (tertiary/aromatic N) is 4. The smallest absolute Gasteiger partial charge is 0.256 e. The summed E-state index contributed by atoms with van der Waals surface area (Å²) in [5, 5.41) is 17.7. The van der Waals surface area contributed by atoms with Gasteiger partial charge in [-0.25, -0.2) is 9.67 Å². The molecule has 0 radical (unpaired) electrons. The molecule has 4 rings (SSSR count). The van der Waals surface area contributed by atoms with Crippen molar-refractivity contribution in [2.24, 2.45) is 0 Å². The second kappa shape index (κ2) is 5.84. The number of aromatic nitrogens is 4. The molecule has 0 saturated heterocycles. The number of amides is 1. The molecule has 3 heterocycles. The van der Waals surface area contributed by atoms with E-state index >= 15 is 0 Å². The Balaban J connectivity index is 1.80. The molecule has 0 bridgehead atoms. The van der Waals surface area contributed by atoms with Crippen molar-refractivity contribution in [1.29, 1.82) is 0 Å². The van der Waals surface area contributed by atoms with Gasteiger partial charge >= 0.3 is 0 Å². The van der Waals surface area contributed by atoms with Gasteiger partial charge in [0.05, 0.1) is 29.0 Å². The molecule has 7 heteroatoms. The molecular weight excluding hydrogens is 318 g/mol. The van der Waals surface area contributed by atoms with E-state index < -0.39 is 0 Å². The van der Waals surface area contributed by atoms with E-state index in [1.54, 1.807) is 12.3 Å². The molecule has 3 aromatic rings. The van der Waals surface area contributed by atoms with E-state index in [2.05, 4.69) is 15.4 Å². The van der Waals surface area contributed by atoms with Crippen molar-refractivity contribution in [3.05, 3.63) is 42.0 Å². The van der Waals surface area contributed by atoms with Crippen molar-refractivity contribution in [2.45, 2.75) is 38.6 Å². The minimum Gasteiger partial charge on any atom is -0.504 e. The summed E-state index contributed by atoms with van der Waals surface area (Å²) in [6, 6.07) is 3.56. The summed E-state index contributed by atoms with van der Waals surface area (Å²) in [7, 11) is 0. The standard InChI is InChI=1S/C18H19N5O2/c1-10(2)23-17-13(8-20-23)12(7-15(21-17)11-3-4-11)18(25)22-14-5-6-19-9-16(14)24/h5-11,24H,3-4H2,1-2H3,(H,19,22,25). The fraction of sp³-hybridized carbons (Fsp3) is 0.333. The lowest BCUT2D eigenvalue weighted by molar-refractivity contribution is 0.102. The van der Waals surface area contributed by atoms with Gasteiger partial charge in [-0.2, -0.15) is 5.10 Å². The number of hydrogen-bond donors (Lipinski definition) is 2. The molecule has 1 amide bonds. The highest BCUT2D eigenvalue weighted by molar-refractivity contribution is 6.12. The maximum absolute atomic E-state index is 12.8. The van der Waals surface area contributed by atoms with Crippen molar-refractivity contribution < 1.29 is 9.90 Å². The fourth-order valence-corrected chi connectivity index (χ4v) is 2.87. The highest BCUT2D eigenvalue weighted by Crippen LogP contribution is 2.40. The molecule has 3 aromatic heterocycles. The normalized spacial score (nSPS) is 14.2. The van der Waals surface area contributed by atoms with E-state index in [1.165, 1.54) is 12.4 Å². The Morgan fingerprint density at radius 1 is 1.36 bits per heavy atom. The Hall–Kier alpha value is -2.96. The first kappa shape index (κ1) is 15.6. The number of hydrogen-bond acceptors (Lipinski definition) is 5. The van der Waals surface area contributed by atoms with Crippen molar-refractivity contribution in [3.63, 3.8) is 0 Å². The lowest BCUT2D eigenvalue weighted by Gasteiger charge is -2.11. The highest BCUT2D eigenvalue weighted by Gasteiger charge is 2.28. The molecule has 0 spiro atoms. The largest absolute Gasteiger partial charge is 0.504 e. The van der Waals surface area contributed by atoms with Gasteiger partial charge in [-0.3, -0.25) is 9.78 Å². The molecule has 7 nitrogen and oxygen atoms in total. The second-order valence-electron chi connectivity index (χ2n) is 6.64. The van der Waals surface area contributed by atoms with Crippen LogP contribution < -0.4 is 5.32 Å². The zero-order valence-electron chi connectivity index (χ0n) is 14.1. The quantitative estimate of drug-likeness (QED) is 0.762. The Morgan fingerprint density at radius 3 is 2.84 bits per heavy atom. The number of aromatic hydroxyl groups is 1. The summed E-state index contributed by atoms with van der Waals surface area (Å²) < 4.78 is 1.84. The van der Waals surface area contributed by atoms with Gasteiger partial charge < -0.3 is 10.4 Å². The monoisotopic (exact) mass is 337 g/mol. The number of pyridine rings is 2. The molecule has 25 heavy (non-hydrogen) atoms. The first-order valence-corrected chi connectivity index (χ1v) is 8.37. The Kier molecular flexibility index (Phi) is 3.63. The third-order valence-corrected chi connectivity index (χ3v) is 4.36. The van der Waals surface area contributed by atoms with Gasteiger partial charge in [-0.1, -0.05) is 0 Å². The first-order chi connectivity index (χ1) is 12.0. The molecule has 1 aliphatic carbocycles. The van der Waals surface area contributed by atoms with E-state index in [-0.39, 0.29) is 17.7 Å². The highest BCUT2D eigenvalue weighted by atomic mass is 16.3. The average Bonchev–Trinajstić information content (AvgIpc) is 3.35. The third-order valence-electron chi connectivity index (χ3n) is 4.36. The van der Waals surface area contributed by atoms with Gasteiger partial charge in [0.1, 0.15) is 0 Å². The third kappa shape index (κ3) is 2.82. The van der Waals surface area contributed by atoms with Gasteiger partial charge in [-0.05, 0) is 38.8 Å². The summed E-state index contributed by atoms with van der Waals surface area (Å²) in [5.74, 6) is 0.0568. The molecule has 0 unspecified atom stereocenters. The number of rotatable bonds is 4. The predicted molar refractivity (Wildman–Crippen MR) is 93.7 cm³/mol. The van der Waals surface area contributed by atoms with Gasteiger partial charge in [-0.15, -0.1) is 0 Å². The second-order valence-corrected chi connectivity index (χ2v) is 6.64. The van der Waals surface area contributed by atoms with E-state index in [0.29, 0.717) is 22.6 Å². The van der Waals surface area contributed by atoms with Crippen LogP contribution in [0.5, 0.6) is 5.75 Å². The van der Waals surface area contributed by atoms with Crippen LogP contribution in [0.3, 0.4) is 0 Å². The molecule has 0 atom stereocenters. The van der Waals surface area contributed by atoms with Crippen LogP contribution in [0.4, 0.5) is 5.69 Å². The van der Waals surface area contributed by atoms with Crippen LogP contribution in [0.25, 0.3) is 11.0 Å². The molecule has 1 aliphatic rings. The van der Waals surface area contributed by atoms with Gasteiger partial charge in [0.15, 0.2) is 11.4 Å². The van der Waals surface area contributed by atoms with Crippen molar-refractivity contribution >= 4 is 22.6 Å². The lowest BCUT2D eigenvalue weighted by Crippen LogP contribution is -2.14. The Labute approximate surface area is 144 Å². The number of carbonyl (C=O) groups is 1. The molecular formula is C18H19N5O2. The summed E-state index contributed by atoms with van der Waals surface area (Å²) in [4.78, 5) is 21.4. The van der Waals surface area contributed by atoms with Crippen LogP contribution in [0, 0.1) is 0 Å². The summed E-state index contributed by atoms with van der Waals surface area (Å²) in [5.41, 5.74) is 2.51. The Bertz CT molecular complexity index is 959. The van der Waals surface area contributed by atoms with Gasteiger partial charge in [0.2, 0.25) is 0 Å². The first-order valence-electron chi connectivity index (χ1n) is 8.37. The number of anilines is 1. The summed E-state index contributed by atoms with van der Waals surface area (Å²) >= 11 is 0. The summed E-state index contributed by atoms with van der Waals surface area (Å²) in [6.07, 6.45) is 6.69. The van der Waals surface area contributed by atoms with Crippen molar-refractivity contribution in [2.75, 3.05) is 5.32 Å². The molecule has 1 fully saturated rings. The van der Waals surface area contributed by atoms with Crippen LogP contribution in [0.2, 0.25) is 0 Å². The van der Waals surface area contributed by atoms with E-state index in [9.17, 15) is 9.90 Å². The van der Waals surface area contributed by atoms with Gasteiger partial charge in [0.25, 0.3) is 5.91 Å². The number of nitrogens with one attached hydrogen (secondary N) is 1. The Morgan fingerprint density at radius 2 is 2.16 bits per heavy atom. The fourth-order valence-electron chi connectivity index (χ4n) is 2.87. The van der Waals surface area contributed by atoms with Crippen molar-refractivity contribution in [3.8, 4) is 5.75 Å². The number of carbonyl (C=O) groups excluding carboxylic acids is 1. The molecule has 1 saturated carbocycles. The zero-order valence-corrected chi connectivity index (χ0v) is 14.1. The maximum atomic E-state index is 12.8. The van der Waals surface area contributed by atoms with E-state index in [0.717, 1.165) is 24.2 Å². The summed E-state index contributed by atoms with van der Waals surface area (Å²) in [6.45, 7) is 4.07. The SMILES string of the molecule is CC(C)n1ncc2c(C(=O)Nc3ccncc3O)cc(C3CC3)nc21. The van der Waals surface area contributed by atoms with Gasteiger partial charge in [0, 0.05) is 23.9 Å². The molecule has 0 aliphatic heterocycles. The zero-order chi connectivity index (χ0) is 17.6. The minimum absolute atomic E-state index is 0.0681. The molecule has 0 aromatic carbocycles. The van der Waals surface area contributed by atoms with Crippen LogP contribution in [0.1, 0.15) is 54.7 Å². The van der Waals surface area contributed by atoms with Crippen LogP contribution in [-0.2, 0) is 0 Å². The van der Waals surface area contributed by atoms with Crippen LogP contribution >= 0.6 is 0 Å². The van der Waals surface area contributed by atoms with E-state index in [4.69, 9.17) is 4.98 Å². The lowest BCUT2D eigenvalue weighted by atomic mass is 10.1. The van der Waals surface area contributed by atoms with Crippen molar-refractivity contribution in [1.82, 2.24) is 19.7 Å². The average molecular weight is 337 g/mol. The number of fused-ring (bicyclic) bond motifs is 1. The van der Waals surface area contributed by atoms with Crippen LogP contribution in [-0.4, -0.2) is 30.8 Å². The van der Waals surface area contributed by atoms with E-state index in [1.807, 2.05) is 24.6 Å². The molecule has 2 N–H and O–H groups in total. The minimum atomic E-state index is -0.292. The predicted octanol–water partition coefficient (Wildman–Crippen LogP) is 3.24. The van der Waals surface area contributed by atoms with Crippen LogP contribution in [0.15, 0.2) is 30.7 Å². The molecule has 128 valence electrons. The topological polar surface area (TPSA) is 92.9 Å².